The molecule has 1 aliphatic rings. The van der Waals surface area contributed by atoms with Gasteiger partial charge in [0.25, 0.3) is 0 Å². The predicted molar refractivity (Wildman–Crippen MR) is 130 cm³/mol. The lowest BCUT2D eigenvalue weighted by molar-refractivity contribution is 0.699. The second-order valence-electron chi connectivity index (χ2n) is 6.85. The van der Waals surface area contributed by atoms with E-state index in [2.05, 4.69) is 109 Å². The van der Waals surface area contributed by atoms with Crippen LogP contribution in [0, 0.1) is 0 Å². The Morgan fingerprint density at radius 3 is 1.52 bits per heavy atom. The average molecular weight is 447 g/mol. The SMILES string of the molecule is O=S1Sc2cccc([Si](c3ccccc3)(c3ccccc3)c3ccccc3)c2S1. The molecule has 1 aliphatic heterocycles. The first kappa shape index (κ1) is 18.9. The van der Waals surface area contributed by atoms with E-state index in [4.69, 9.17) is 0 Å². The van der Waals surface area contributed by atoms with Gasteiger partial charge >= 0.3 is 0 Å². The van der Waals surface area contributed by atoms with Gasteiger partial charge in [-0.2, -0.15) is 0 Å². The van der Waals surface area contributed by atoms with Crippen molar-refractivity contribution in [2.24, 2.45) is 0 Å². The smallest absolute Gasteiger partial charge is 0.180 e. The quantitative estimate of drug-likeness (QED) is 0.269. The second-order valence-corrected chi connectivity index (χ2v) is 15.7. The van der Waals surface area contributed by atoms with Crippen LogP contribution in [0.4, 0.5) is 0 Å². The van der Waals surface area contributed by atoms with Gasteiger partial charge in [0, 0.05) is 9.79 Å². The van der Waals surface area contributed by atoms with Gasteiger partial charge in [-0.25, -0.2) is 4.21 Å². The van der Waals surface area contributed by atoms with E-state index in [-0.39, 0.29) is 0 Å². The molecule has 0 bridgehead atoms. The van der Waals surface area contributed by atoms with Gasteiger partial charge in [-0.05, 0) is 48.4 Å². The van der Waals surface area contributed by atoms with Crippen LogP contribution in [0.2, 0.25) is 0 Å². The highest BCUT2D eigenvalue weighted by atomic mass is 33.5. The van der Waals surface area contributed by atoms with Crippen molar-refractivity contribution in [2.45, 2.75) is 9.79 Å². The summed E-state index contributed by atoms with van der Waals surface area (Å²) in [6.45, 7) is 0. The van der Waals surface area contributed by atoms with Crippen LogP contribution in [0.1, 0.15) is 0 Å². The lowest BCUT2D eigenvalue weighted by atomic mass is 10.3. The van der Waals surface area contributed by atoms with E-state index in [1.807, 2.05) is 0 Å². The van der Waals surface area contributed by atoms with Crippen molar-refractivity contribution >= 4 is 59.3 Å². The van der Waals surface area contributed by atoms with Gasteiger partial charge in [0.1, 0.15) is 0 Å². The Kier molecular flexibility index (Phi) is 5.22. The van der Waals surface area contributed by atoms with Crippen molar-refractivity contribution in [1.82, 2.24) is 0 Å². The standard InChI is InChI=1S/C24H18OS3Si/c25-28-26-22-17-10-18-23(24(22)27-28)29(19-11-4-1-5-12-19,20-13-6-2-7-14-20)21-15-8-3-9-16-21/h1-18H. The van der Waals surface area contributed by atoms with Crippen molar-refractivity contribution < 1.29 is 4.21 Å². The maximum absolute atomic E-state index is 12.4. The molecule has 0 spiro atoms. The van der Waals surface area contributed by atoms with Crippen molar-refractivity contribution in [3.05, 3.63) is 109 Å². The molecule has 0 aliphatic carbocycles. The minimum atomic E-state index is -2.56. The average Bonchev–Trinajstić information content (AvgIpc) is 3.17. The topological polar surface area (TPSA) is 17.1 Å². The zero-order valence-corrected chi connectivity index (χ0v) is 19.0. The Balaban J connectivity index is 1.93. The summed E-state index contributed by atoms with van der Waals surface area (Å²) in [5, 5.41) is 5.35. The van der Waals surface area contributed by atoms with Gasteiger partial charge in [0.2, 0.25) is 0 Å². The third-order valence-corrected chi connectivity index (χ3v) is 14.9. The molecule has 1 unspecified atom stereocenters. The van der Waals surface area contributed by atoms with Crippen LogP contribution >= 0.6 is 21.6 Å². The minimum Gasteiger partial charge on any atom is -0.235 e. The largest absolute Gasteiger partial charge is 0.235 e. The van der Waals surface area contributed by atoms with E-state index in [1.165, 1.54) is 47.2 Å². The molecular weight excluding hydrogens is 429 g/mol. The number of fused-ring (bicyclic) bond motifs is 1. The van der Waals surface area contributed by atoms with Gasteiger partial charge in [0.05, 0.1) is 0 Å². The molecule has 1 nitrogen and oxygen atoms in total. The predicted octanol–water partition coefficient (Wildman–Crippen LogP) is 3.84. The molecule has 5 rings (SSSR count). The highest BCUT2D eigenvalue weighted by molar-refractivity contribution is 9.03. The van der Waals surface area contributed by atoms with Crippen LogP contribution in [0.25, 0.3) is 0 Å². The maximum atomic E-state index is 12.4. The molecule has 0 saturated carbocycles. The zero-order valence-electron chi connectivity index (χ0n) is 15.5. The molecule has 0 N–H and O–H groups in total. The molecule has 4 aromatic carbocycles. The fraction of sp³-hybridized carbons (Fsp3) is 0. The molecule has 0 fully saturated rings. The minimum absolute atomic E-state index is 0.978. The highest BCUT2D eigenvalue weighted by Crippen LogP contribution is 2.46. The second kappa shape index (κ2) is 7.99. The molecule has 1 heterocycles. The summed E-state index contributed by atoms with van der Waals surface area (Å²) in [4.78, 5) is 2.31. The Hall–Kier alpha value is -2.05. The lowest BCUT2D eigenvalue weighted by Crippen LogP contribution is -2.75. The van der Waals surface area contributed by atoms with E-state index in [9.17, 15) is 4.21 Å². The first-order chi connectivity index (χ1) is 14.3. The molecule has 4 aromatic rings. The number of benzene rings is 4. The Morgan fingerprint density at radius 2 is 1.03 bits per heavy atom. The molecular formula is C24H18OS3Si. The van der Waals surface area contributed by atoms with Crippen molar-refractivity contribution in [3.63, 3.8) is 0 Å². The van der Waals surface area contributed by atoms with E-state index in [0.717, 1.165) is 4.90 Å². The fourth-order valence-corrected chi connectivity index (χ4v) is 14.9. The monoisotopic (exact) mass is 446 g/mol. The Labute approximate surface area is 181 Å². The number of hydrogen-bond donors (Lipinski definition) is 0. The zero-order chi connectivity index (χ0) is 19.7. The van der Waals surface area contributed by atoms with Crippen LogP contribution in [-0.2, 0) is 8.86 Å². The third-order valence-electron chi connectivity index (χ3n) is 5.31. The van der Waals surface area contributed by atoms with E-state index >= 15 is 0 Å². The van der Waals surface area contributed by atoms with Crippen molar-refractivity contribution in [1.29, 1.82) is 0 Å². The van der Waals surface area contributed by atoms with Crippen LogP contribution in [0.15, 0.2) is 119 Å². The van der Waals surface area contributed by atoms with E-state index in [0.29, 0.717) is 0 Å². The van der Waals surface area contributed by atoms with E-state index in [1.54, 1.807) is 0 Å². The Morgan fingerprint density at radius 1 is 0.552 bits per heavy atom. The van der Waals surface area contributed by atoms with E-state index < -0.39 is 16.9 Å². The lowest BCUT2D eigenvalue weighted by Gasteiger charge is -2.35. The summed E-state index contributed by atoms with van der Waals surface area (Å²) in [7, 11) is -0.570. The summed E-state index contributed by atoms with van der Waals surface area (Å²) in [6.07, 6.45) is 0. The molecule has 0 aromatic heterocycles. The molecule has 1 atom stereocenters. The van der Waals surface area contributed by atoms with Gasteiger partial charge in [0.15, 0.2) is 16.9 Å². The Bertz CT molecular complexity index is 1070. The van der Waals surface area contributed by atoms with Crippen LogP contribution in [0.5, 0.6) is 0 Å². The van der Waals surface area contributed by atoms with Gasteiger partial charge in [-0.15, -0.1) is 0 Å². The third kappa shape index (κ3) is 3.22. The normalized spacial score (nSPS) is 15.8. The number of rotatable bonds is 4. The molecule has 5 heteroatoms. The van der Waals surface area contributed by atoms with Crippen LogP contribution in [-0.4, -0.2) is 12.3 Å². The molecule has 142 valence electrons. The van der Waals surface area contributed by atoms with Gasteiger partial charge < -0.3 is 0 Å². The molecule has 29 heavy (non-hydrogen) atoms. The first-order valence-electron chi connectivity index (χ1n) is 9.38. The summed E-state index contributed by atoms with van der Waals surface area (Å²) in [5.41, 5.74) is 0. The van der Waals surface area contributed by atoms with Crippen LogP contribution in [0.3, 0.4) is 0 Å². The van der Waals surface area contributed by atoms with Crippen LogP contribution < -0.4 is 20.7 Å². The molecule has 0 radical (unpaired) electrons. The summed E-state index contributed by atoms with van der Waals surface area (Å²) < 4.78 is 12.4. The molecule has 0 amide bonds. The fourth-order valence-electron chi connectivity index (χ4n) is 4.15. The van der Waals surface area contributed by atoms with Gasteiger partial charge in [-0.1, -0.05) is 103 Å². The summed E-state index contributed by atoms with van der Waals surface area (Å²) in [5.74, 6) is 0. The van der Waals surface area contributed by atoms with Crippen molar-refractivity contribution in [2.75, 3.05) is 0 Å². The number of hydrogen-bond acceptors (Lipinski definition) is 3. The van der Waals surface area contributed by atoms with Crippen molar-refractivity contribution in [3.8, 4) is 0 Å². The van der Waals surface area contributed by atoms with Gasteiger partial charge in [-0.3, -0.25) is 0 Å². The first-order valence-corrected chi connectivity index (χ1v) is 15.2. The summed E-state index contributed by atoms with van der Waals surface area (Å²) in [6, 6.07) is 39.1. The molecule has 0 saturated heterocycles. The maximum Gasteiger partial charge on any atom is 0.180 e. The summed E-state index contributed by atoms with van der Waals surface area (Å²) >= 11 is 0. The highest BCUT2D eigenvalue weighted by Gasteiger charge is 2.44.